The number of likely N-dealkylation sites (tertiary alicyclic amines) is 1. The van der Waals surface area contributed by atoms with E-state index in [4.69, 9.17) is 0 Å². The van der Waals surface area contributed by atoms with E-state index in [-0.39, 0.29) is 0 Å². The van der Waals surface area contributed by atoms with Crippen molar-refractivity contribution in [1.29, 1.82) is 0 Å². The van der Waals surface area contributed by atoms with Crippen molar-refractivity contribution in [3.8, 4) is 0 Å². The Morgan fingerprint density at radius 1 is 1.57 bits per heavy atom. The van der Waals surface area contributed by atoms with Crippen LogP contribution in [0.3, 0.4) is 0 Å². The maximum atomic E-state index is 9.31. The van der Waals surface area contributed by atoms with E-state index in [9.17, 15) is 5.11 Å². The minimum atomic E-state index is 0.319. The minimum Gasteiger partial charge on any atom is -0.395 e. The summed E-state index contributed by atoms with van der Waals surface area (Å²) in [7, 11) is 0. The molecule has 1 rings (SSSR count). The summed E-state index contributed by atoms with van der Waals surface area (Å²) in [4.78, 5) is 2.46. The highest BCUT2D eigenvalue weighted by Crippen LogP contribution is 2.25. The number of hydrogen-bond donors (Lipinski definition) is 1. The number of rotatable bonds is 5. The molecule has 2 nitrogen and oxygen atoms in total. The molecule has 0 aromatic carbocycles. The van der Waals surface area contributed by atoms with Crippen LogP contribution in [-0.4, -0.2) is 41.1 Å². The van der Waals surface area contributed by atoms with Crippen LogP contribution >= 0.6 is 15.9 Å². The molecule has 1 saturated heterocycles. The summed E-state index contributed by atoms with van der Waals surface area (Å²) >= 11 is 3.55. The van der Waals surface area contributed by atoms with Crippen LogP contribution in [-0.2, 0) is 0 Å². The fourth-order valence-electron chi connectivity index (χ4n) is 2.23. The molecule has 0 radical (unpaired) electrons. The van der Waals surface area contributed by atoms with Gasteiger partial charge in [-0.05, 0) is 24.8 Å². The minimum absolute atomic E-state index is 0.319. The SMILES string of the molecule is CCC(CBr)CN1CCC(C)C1CO. The summed E-state index contributed by atoms with van der Waals surface area (Å²) in [5, 5.41) is 10.4. The lowest BCUT2D eigenvalue weighted by Gasteiger charge is -2.28. The van der Waals surface area contributed by atoms with Gasteiger partial charge in [0.1, 0.15) is 0 Å². The van der Waals surface area contributed by atoms with Gasteiger partial charge in [-0.1, -0.05) is 36.2 Å². The average molecular weight is 264 g/mol. The number of alkyl halides is 1. The third kappa shape index (κ3) is 2.94. The van der Waals surface area contributed by atoms with Gasteiger partial charge in [-0.25, -0.2) is 0 Å². The zero-order chi connectivity index (χ0) is 10.6. The maximum absolute atomic E-state index is 9.31. The van der Waals surface area contributed by atoms with Crippen molar-refractivity contribution < 1.29 is 5.11 Å². The molecular formula is C11H22BrNO. The Labute approximate surface area is 95.8 Å². The van der Waals surface area contributed by atoms with E-state index in [0.29, 0.717) is 18.6 Å². The largest absolute Gasteiger partial charge is 0.395 e. The first-order valence-corrected chi connectivity index (χ1v) is 6.75. The standard InChI is InChI=1S/C11H22BrNO/c1-3-10(6-12)7-13-5-4-9(2)11(13)8-14/h9-11,14H,3-8H2,1-2H3. The molecule has 14 heavy (non-hydrogen) atoms. The molecule has 0 spiro atoms. The molecule has 3 atom stereocenters. The van der Waals surface area contributed by atoms with Gasteiger partial charge >= 0.3 is 0 Å². The second-order valence-electron chi connectivity index (χ2n) is 4.44. The van der Waals surface area contributed by atoms with E-state index in [1.807, 2.05) is 0 Å². The van der Waals surface area contributed by atoms with E-state index in [1.165, 1.54) is 12.8 Å². The molecule has 1 N–H and O–H groups in total. The summed E-state index contributed by atoms with van der Waals surface area (Å²) < 4.78 is 0. The van der Waals surface area contributed by atoms with E-state index in [2.05, 4.69) is 34.7 Å². The van der Waals surface area contributed by atoms with Crippen LogP contribution in [0.25, 0.3) is 0 Å². The first-order chi connectivity index (χ1) is 6.72. The van der Waals surface area contributed by atoms with E-state index in [0.717, 1.165) is 24.3 Å². The molecule has 84 valence electrons. The van der Waals surface area contributed by atoms with Gasteiger partial charge in [0, 0.05) is 17.9 Å². The van der Waals surface area contributed by atoms with Crippen molar-refractivity contribution >= 4 is 15.9 Å². The van der Waals surface area contributed by atoms with Crippen LogP contribution in [0.1, 0.15) is 26.7 Å². The normalized spacial score (nSPS) is 30.9. The number of aliphatic hydroxyl groups is 1. The molecule has 1 fully saturated rings. The van der Waals surface area contributed by atoms with E-state index in [1.54, 1.807) is 0 Å². The van der Waals surface area contributed by atoms with Crippen molar-refractivity contribution in [2.75, 3.05) is 25.0 Å². The molecule has 1 heterocycles. The van der Waals surface area contributed by atoms with Crippen LogP contribution < -0.4 is 0 Å². The molecule has 3 heteroatoms. The third-order valence-electron chi connectivity index (χ3n) is 3.47. The topological polar surface area (TPSA) is 23.5 Å². The van der Waals surface area contributed by atoms with Gasteiger partial charge < -0.3 is 5.11 Å². The Morgan fingerprint density at radius 2 is 2.29 bits per heavy atom. The molecular weight excluding hydrogens is 242 g/mol. The third-order valence-corrected chi connectivity index (χ3v) is 4.39. The fraction of sp³-hybridized carbons (Fsp3) is 1.00. The van der Waals surface area contributed by atoms with Gasteiger partial charge in [0.2, 0.25) is 0 Å². The first-order valence-electron chi connectivity index (χ1n) is 5.63. The van der Waals surface area contributed by atoms with Gasteiger partial charge in [0.25, 0.3) is 0 Å². The average Bonchev–Trinajstić information content (AvgIpc) is 2.55. The monoisotopic (exact) mass is 263 g/mol. The number of hydrogen-bond acceptors (Lipinski definition) is 2. The highest BCUT2D eigenvalue weighted by Gasteiger charge is 2.31. The highest BCUT2D eigenvalue weighted by molar-refractivity contribution is 9.09. The Morgan fingerprint density at radius 3 is 2.79 bits per heavy atom. The highest BCUT2D eigenvalue weighted by atomic mass is 79.9. The lowest BCUT2D eigenvalue weighted by molar-refractivity contribution is 0.127. The van der Waals surface area contributed by atoms with Gasteiger partial charge in [0.05, 0.1) is 6.61 Å². The first kappa shape index (κ1) is 12.5. The zero-order valence-corrected chi connectivity index (χ0v) is 10.8. The molecule has 0 amide bonds. The Bertz CT molecular complexity index is 161. The molecule has 0 aliphatic carbocycles. The number of halogens is 1. The van der Waals surface area contributed by atoms with E-state index >= 15 is 0 Å². The van der Waals surface area contributed by atoms with Gasteiger partial charge in [0.15, 0.2) is 0 Å². The Kier molecular flexibility index (Phi) is 5.42. The summed E-state index contributed by atoms with van der Waals surface area (Å²) in [6.07, 6.45) is 2.46. The summed E-state index contributed by atoms with van der Waals surface area (Å²) in [5.74, 6) is 1.39. The van der Waals surface area contributed by atoms with Crippen LogP contribution in [0.2, 0.25) is 0 Å². The fourth-order valence-corrected chi connectivity index (χ4v) is 2.89. The summed E-state index contributed by atoms with van der Waals surface area (Å²) in [6, 6.07) is 0.406. The predicted octanol–water partition coefficient (Wildman–Crippen LogP) is 2.11. The van der Waals surface area contributed by atoms with Gasteiger partial charge in [-0.15, -0.1) is 0 Å². The van der Waals surface area contributed by atoms with Crippen molar-refractivity contribution in [3.63, 3.8) is 0 Å². The summed E-state index contributed by atoms with van der Waals surface area (Å²) in [5.41, 5.74) is 0. The van der Waals surface area contributed by atoms with Crippen LogP contribution in [0.5, 0.6) is 0 Å². The maximum Gasteiger partial charge on any atom is 0.0589 e. The molecule has 1 aliphatic rings. The number of nitrogens with zero attached hydrogens (tertiary/aromatic N) is 1. The number of aliphatic hydroxyl groups excluding tert-OH is 1. The second-order valence-corrected chi connectivity index (χ2v) is 5.09. The van der Waals surface area contributed by atoms with Crippen LogP contribution in [0, 0.1) is 11.8 Å². The zero-order valence-electron chi connectivity index (χ0n) is 9.25. The Hall–Kier alpha value is 0.400. The lowest BCUT2D eigenvalue weighted by Crippen LogP contribution is -2.38. The van der Waals surface area contributed by atoms with Crippen molar-refractivity contribution in [1.82, 2.24) is 4.90 Å². The van der Waals surface area contributed by atoms with Crippen molar-refractivity contribution in [3.05, 3.63) is 0 Å². The van der Waals surface area contributed by atoms with Crippen molar-refractivity contribution in [2.24, 2.45) is 11.8 Å². The smallest absolute Gasteiger partial charge is 0.0589 e. The second kappa shape index (κ2) is 6.09. The van der Waals surface area contributed by atoms with Crippen LogP contribution in [0.4, 0.5) is 0 Å². The van der Waals surface area contributed by atoms with Crippen molar-refractivity contribution in [2.45, 2.75) is 32.7 Å². The molecule has 0 bridgehead atoms. The Balaban J connectivity index is 2.43. The molecule has 0 aromatic heterocycles. The van der Waals surface area contributed by atoms with Gasteiger partial charge in [-0.3, -0.25) is 4.90 Å². The van der Waals surface area contributed by atoms with Gasteiger partial charge in [-0.2, -0.15) is 0 Å². The summed E-state index contributed by atoms with van der Waals surface area (Å²) in [6.45, 7) is 7.10. The molecule has 3 unspecified atom stereocenters. The predicted molar refractivity (Wildman–Crippen MR) is 63.8 cm³/mol. The lowest BCUT2D eigenvalue weighted by atomic mass is 10.0. The quantitative estimate of drug-likeness (QED) is 0.769. The van der Waals surface area contributed by atoms with E-state index < -0.39 is 0 Å². The molecule has 0 saturated carbocycles. The molecule has 1 aliphatic heterocycles. The molecule has 0 aromatic rings. The van der Waals surface area contributed by atoms with Crippen LogP contribution in [0.15, 0.2) is 0 Å².